The Morgan fingerprint density at radius 3 is 2.28 bits per heavy atom. The smallest absolute Gasteiger partial charge is 0.306 e. The number of phenols is 2. The average molecular weight is 549 g/mol. The number of aliphatic hydroxyl groups is 2. The molecule has 2 aromatic carbocycles. The minimum absolute atomic E-state index is 0.00739. The van der Waals surface area contributed by atoms with Crippen LogP contribution in [0.5, 0.6) is 17.2 Å². The maximum atomic E-state index is 12.0. The molecule has 12 nitrogen and oxygen atoms in total. The summed E-state index contributed by atoms with van der Waals surface area (Å²) >= 11 is 0. The van der Waals surface area contributed by atoms with Crippen LogP contribution in [0.3, 0.4) is 0 Å². The number of phenolic OH excluding ortho intramolecular Hbond substituents is 2. The van der Waals surface area contributed by atoms with Crippen molar-refractivity contribution in [1.29, 1.82) is 0 Å². The number of carbonyl (C=O) groups excluding carboxylic acids is 2. The van der Waals surface area contributed by atoms with Gasteiger partial charge in [0, 0.05) is 25.2 Å². The zero-order valence-corrected chi connectivity index (χ0v) is 21.5. The molecule has 0 aromatic heterocycles. The van der Waals surface area contributed by atoms with Gasteiger partial charge in [-0.05, 0) is 29.8 Å². The molecular weight excluding hydrogens is 516 g/mol. The Kier molecular flexibility index (Phi) is 9.25. The summed E-state index contributed by atoms with van der Waals surface area (Å²) < 4.78 is 33.1. The fourth-order valence-corrected chi connectivity index (χ4v) is 4.56. The number of carbonyl (C=O) groups is 2. The first kappa shape index (κ1) is 28.6. The van der Waals surface area contributed by atoms with E-state index >= 15 is 0 Å². The molecule has 0 saturated carbocycles. The zero-order chi connectivity index (χ0) is 28.1. The van der Waals surface area contributed by atoms with E-state index in [0.717, 1.165) is 5.56 Å². The Balaban J connectivity index is 1.46. The molecule has 0 radical (unpaired) electrons. The molecular formula is C27H32O12. The van der Waals surface area contributed by atoms with Gasteiger partial charge in [0.25, 0.3) is 0 Å². The van der Waals surface area contributed by atoms with E-state index in [1.165, 1.54) is 26.4 Å². The first-order chi connectivity index (χ1) is 18.7. The van der Waals surface area contributed by atoms with Gasteiger partial charge in [-0.1, -0.05) is 12.1 Å². The monoisotopic (exact) mass is 548 g/mol. The lowest BCUT2D eigenvalue weighted by atomic mass is 9.96. The highest BCUT2D eigenvalue weighted by atomic mass is 16.7. The van der Waals surface area contributed by atoms with Gasteiger partial charge >= 0.3 is 11.9 Å². The van der Waals surface area contributed by atoms with Crippen LogP contribution in [-0.2, 0) is 39.7 Å². The molecule has 7 atom stereocenters. The molecule has 2 aliphatic rings. The van der Waals surface area contributed by atoms with Crippen molar-refractivity contribution in [2.75, 3.05) is 20.8 Å². The van der Waals surface area contributed by atoms with Gasteiger partial charge in [0.1, 0.15) is 60.5 Å². The standard InChI is InChI=1S/C27H32O12/c1-34-21(30)9-10-22(31)36-13-20-23(32)24(33)26(27(35-2)38-20)39-25-17-8-7-16(29)12-18(17)37-19(25)11-14-3-5-15(28)6-4-14/h3-8,12,19-20,23-29,32-33H,9-11,13H2,1-2H3/t19-,20-,23-,24+,25+,26-,27-/m1/s1. The Hall–Kier alpha value is -3.42. The van der Waals surface area contributed by atoms with Crippen LogP contribution in [0.25, 0.3) is 0 Å². The van der Waals surface area contributed by atoms with Crippen molar-refractivity contribution in [3.05, 3.63) is 53.6 Å². The second-order valence-corrected chi connectivity index (χ2v) is 9.29. The first-order valence-corrected chi connectivity index (χ1v) is 12.4. The summed E-state index contributed by atoms with van der Waals surface area (Å²) in [5.74, 6) is -0.727. The molecule has 1 saturated heterocycles. The molecule has 12 heteroatoms. The third-order valence-electron chi connectivity index (χ3n) is 6.64. The summed E-state index contributed by atoms with van der Waals surface area (Å²) in [6.07, 6.45) is -7.73. The number of rotatable bonds is 10. The van der Waals surface area contributed by atoms with Gasteiger partial charge < -0.3 is 48.8 Å². The SMILES string of the molecule is COC(=O)CCC(=O)OC[C@H]1O[C@@H](OC)[C@H](O[C@H]2c3ccc(O)cc3O[C@@H]2Cc2ccc(O)cc2)[C@@H](O)[C@@H]1O. The predicted octanol–water partition coefficient (Wildman–Crippen LogP) is 1.12. The normalized spacial score (nSPS) is 27.8. The first-order valence-electron chi connectivity index (χ1n) is 12.4. The van der Waals surface area contributed by atoms with Crippen molar-refractivity contribution >= 4 is 11.9 Å². The largest absolute Gasteiger partial charge is 0.508 e. The van der Waals surface area contributed by atoms with Crippen LogP contribution in [0.15, 0.2) is 42.5 Å². The third kappa shape index (κ3) is 6.78. The summed E-state index contributed by atoms with van der Waals surface area (Å²) in [6, 6.07) is 11.2. The Bertz CT molecular complexity index is 1130. The third-order valence-corrected chi connectivity index (χ3v) is 6.64. The van der Waals surface area contributed by atoms with Gasteiger partial charge in [0.15, 0.2) is 6.29 Å². The topological polar surface area (TPSA) is 170 Å². The van der Waals surface area contributed by atoms with E-state index in [2.05, 4.69) is 4.74 Å². The number of ether oxygens (including phenoxy) is 6. The van der Waals surface area contributed by atoms with Crippen molar-refractivity contribution in [2.24, 2.45) is 0 Å². The van der Waals surface area contributed by atoms with E-state index in [4.69, 9.17) is 23.7 Å². The average Bonchev–Trinajstić information content (AvgIpc) is 3.26. The van der Waals surface area contributed by atoms with Gasteiger partial charge in [-0.3, -0.25) is 9.59 Å². The minimum Gasteiger partial charge on any atom is -0.508 e. The van der Waals surface area contributed by atoms with Crippen LogP contribution in [0.1, 0.15) is 30.1 Å². The lowest BCUT2D eigenvalue weighted by molar-refractivity contribution is -0.313. The minimum atomic E-state index is -1.49. The summed E-state index contributed by atoms with van der Waals surface area (Å²) in [5, 5.41) is 41.3. The molecule has 2 heterocycles. The molecule has 4 rings (SSSR count). The molecule has 1 fully saturated rings. The molecule has 4 N–H and O–H groups in total. The predicted molar refractivity (Wildman–Crippen MR) is 132 cm³/mol. The number of fused-ring (bicyclic) bond motifs is 1. The Morgan fingerprint density at radius 2 is 1.59 bits per heavy atom. The number of hydrogen-bond donors (Lipinski definition) is 4. The molecule has 2 aromatic rings. The van der Waals surface area contributed by atoms with E-state index in [0.29, 0.717) is 17.7 Å². The van der Waals surface area contributed by atoms with Crippen molar-refractivity contribution in [3.8, 4) is 17.2 Å². The summed E-state index contributed by atoms with van der Waals surface area (Å²) in [4.78, 5) is 23.2. The van der Waals surface area contributed by atoms with Crippen molar-refractivity contribution in [3.63, 3.8) is 0 Å². The number of methoxy groups -OCH3 is 2. The second kappa shape index (κ2) is 12.6. The fourth-order valence-electron chi connectivity index (χ4n) is 4.56. The van der Waals surface area contributed by atoms with Crippen LogP contribution in [-0.4, -0.2) is 90.0 Å². The van der Waals surface area contributed by atoms with Crippen LogP contribution >= 0.6 is 0 Å². The molecule has 0 unspecified atom stereocenters. The van der Waals surface area contributed by atoms with Crippen molar-refractivity contribution < 1.29 is 58.4 Å². The number of aliphatic hydroxyl groups excluding tert-OH is 2. The van der Waals surface area contributed by atoms with Crippen molar-refractivity contribution in [1.82, 2.24) is 0 Å². The molecule has 0 amide bonds. The van der Waals surface area contributed by atoms with Gasteiger partial charge in [-0.2, -0.15) is 0 Å². The Morgan fingerprint density at radius 1 is 0.897 bits per heavy atom. The lowest BCUT2D eigenvalue weighted by Gasteiger charge is -2.42. The van der Waals surface area contributed by atoms with Gasteiger partial charge in [-0.25, -0.2) is 0 Å². The molecule has 212 valence electrons. The van der Waals surface area contributed by atoms with E-state index in [-0.39, 0.29) is 30.9 Å². The molecule has 0 spiro atoms. The summed E-state index contributed by atoms with van der Waals surface area (Å²) in [7, 11) is 2.55. The zero-order valence-electron chi connectivity index (χ0n) is 21.5. The van der Waals surface area contributed by atoms with Gasteiger partial charge in [0.05, 0.1) is 20.0 Å². The highest BCUT2D eigenvalue weighted by molar-refractivity contribution is 5.77. The quantitative estimate of drug-likeness (QED) is 0.313. The molecule has 39 heavy (non-hydrogen) atoms. The maximum absolute atomic E-state index is 12.0. The van der Waals surface area contributed by atoms with E-state index in [1.807, 2.05) is 0 Å². The second-order valence-electron chi connectivity index (χ2n) is 9.29. The number of esters is 2. The van der Waals surface area contributed by atoms with E-state index < -0.39 is 54.9 Å². The van der Waals surface area contributed by atoms with Gasteiger partial charge in [-0.15, -0.1) is 0 Å². The maximum Gasteiger partial charge on any atom is 0.306 e. The van der Waals surface area contributed by atoms with E-state index in [1.54, 1.807) is 30.3 Å². The summed E-state index contributed by atoms with van der Waals surface area (Å²) in [6.45, 7) is -0.386. The Labute approximate surface area is 224 Å². The number of hydrogen-bond acceptors (Lipinski definition) is 12. The number of aromatic hydroxyl groups is 2. The molecule has 0 aliphatic carbocycles. The van der Waals surface area contributed by atoms with Crippen LogP contribution in [0.4, 0.5) is 0 Å². The summed E-state index contributed by atoms with van der Waals surface area (Å²) in [5.41, 5.74) is 1.47. The van der Waals surface area contributed by atoms with Crippen LogP contribution < -0.4 is 4.74 Å². The molecule has 2 aliphatic heterocycles. The number of benzene rings is 2. The van der Waals surface area contributed by atoms with Gasteiger partial charge in [0.2, 0.25) is 0 Å². The van der Waals surface area contributed by atoms with Crippen LogP contribution in [0.2, 0.25) is 0 Å². The van der Waals surface area contributed by atoms with Crippen LogP contribution in [0, 0.1) is 0 Å². The van der Waals surface area contributed by atoms with Crippen molar-refractivity contribution in [2.45, 2.75) is 62.2 Å². The fraction of sp³-hybridized carbons (Fsp3) is 0.481. The lowest BCUT2D eigenvalue weighted by Crippen LogP contribution is -2.60. The molecule has 0 bridgehead atoms. The van der Waals surface area contributed by atoms with E-state index in [9.17, 15) is 30.0 Å². The highest BCUT2D eigenvalue weighted by Gasteiger charge is 2.49. The highest BCUT2D eigenvalue weighted by Crippen LogP contribution is 2.44.